The van der Waals surface area contributed by atoms with Crippen molar-refractivity contribution in [3.8, 4) is 11.5 Å². The highest BCUT2D eigenvalue weighted by Crippen LogP contribution is 2.41. The molecule has 0 saturated carbocycles. The van der Waals surface area contributed by atoms with Gasteiger partial charge in [-0.3, -0.25) is 4.90 Å². The molecule has 0 bridgehead atoms. The third-order valence-corrected chi connectivity index (χ3v) is 5.73. The molecule has 4 rings (SSSR count). The van der Waals surface area contributed by atoms with Gasteiger partial charge in [0.1, 0.15) is 0 Å². The third-order valence-electron chi connectivity index (χ3n) is 4.99. The lowest BCUT2D eigenvalue weighted by atomic mass is 9.85. The Morgan fingerprint density at radius 1 is 1.14 bits per heavy atom. The fourth-order valence-corrected chi connectivity index (χ4v) is 4.28. The number of likely N-dealkylation sites (tertiary alicyclic amines) is 1. The van der Waals surface area contributed by atoms with Crippen LogP contribution in [0, 0.1) is 0 Å². The van der Waals surface area contributed by atoms with E-state index in [4.69, 9.17) is 9.47 Å². The molecule has 0 radical (unpaired) electrons. The van der Waals surface area contributed by atoms with Gasteiger partial charge in [-0.2, -0.15) is 0 Å². The van der Waals surface area contributed by atoms with E-state index >= 15 is 0 Å². The van der Waals surface area contributed by atoms with Crippen LogP contribution >= 0.6 is 15.9 Å². The Labute approximate surface area is 134 Å². The number of nitrogens with zero attached hydrogens (tertiary/aromatic N) is 1. The molecule has 21 heavy (non-hydrogen) atoms. The topological polar surface area (TPSA) is 21.7 Å². The predicted octanol–water partition coefficient (Wildman–Crippen LogP) is 4.25. The van der Waals surface area contributed by atoms with Crippen molar-refractivity contribution in [2.75, 3.05) is 13.3 Å². The molecular weight excluding hydrogens is 330 g/mol. The van der Waals surface area contributed by atoms with E-state index in [0.717, 1.165) is 22.5 Å². The van der Waals surface area contributed by atoms with Crippen LogP contribution in [-0.2, 0) is 6.54 Å². The van der Waals surface area contributed by atoms with Crippen molar-refractivity contribution in [2.45, 2.75) is 44.2 Å². The summed E-state index contributed by atoms with van der Waals surface area (Å²) < 4.78 is 12.1. The fraction of sp³-hybridized carbons (Fsp3) is 0.529. The molecule has 3 aliphatic rings. The normalized spacial score (nSPS) is 27.7. The molecule has 4 heteroatoms. The van der Waals surface area contributed by atoms with Gasteiger partial charge in [0, 0.05) is 16.6 Å². The molecule has 1 atom stereocenters. The fourth-order valence-electron chi connectivity index (χ4n) is 3.83. The minimum Gasteiger partial charge on any atom is -0.454 e. The number of piperidine rings is 1. The summed E-state index contributed by atoms with van der Waals surface area (Å²) in [4.78, 5) is 2.66. The van der Waals surface area contributed by atoms with Gasteiger partial charge in [0.25, 0.3) is 0 Å². The number of rotatable bonds is 2. The minimum absolute atomic E-state index is 0.300. The Bertz CT molecular complexity index is 586. The first-order valence-corrected chi connectivity index (χ1v) is 8.57. The molecule has 1 aromatic rings. The van der Waals surface area contributed by atoms with Crippen LogP contribution in [-0.4, -0.2) is 23.8 Å². The number of fused-ring (bicyclic) bond motifs is 1. The monoisotopic (exact) mass is 349 g/mol. The second-order valence-electron chi connectivity index (χ2n) is 6.22. The third kappa shape index (κ3) is 2.38. The van der Waals surface area contributed by atoms with E-state index < -0.39 is 0 Å². The van der Waals surface area contributed by atoms with Crippen LogP contribution < -0.4 is 9.47 Å². The number of hydrogen-bond donors (Lipinski definition) is 0. The quantitative estimate of drug-likeness (QED) is 0.745. The maximum absolute atomic E-state index is 5.52. The average Bonchev–Trinajstić information content (AvgIpc) is 3.11. The van der Waals surface area contributed by atoms with Gasteiger partial charge in [-0.15, -0.1) is 0 Å². The first kappa shape index (κ1) is 13.6. The van der Waals surface area contributed by atoms with Crippen LogP contribution in [0.4, 0.5) is 0 Å². The maximum atomic E-state index is 5.52. The summed E-state index contributed by atoms with van der Waals surface area (Å²) in [6.45, 7) is 2.49. The predicted molar refractivity (Wildman–Crippen MR) is 85.6 cm³/mol. The van der Waals surface area contributed by atoms with E-state index in [9.17, 15) is 0 Å². The summed E-state index contributed by atoms with van der Waals surface area (Å²) in [5.41, 5.74) is 1.59. The second-order valence-corrected chi connectivity index (χ2v) is 7.07. The van der Waals surface area contributed by atoms with E-state index in [1.54, 1.807) is 0 Å². The Hall–Kier alpha value is -1.00. The summed E-state index contributed by atoms with van der Waals surface area (Å²) in [5, 5.41) is 0. The van der Waals surface area contributed by atoms with Gasteiger partial charge in [-0.05, 0) is 49.9 Å². The Morgan fingerprint density at radius 3 is 2.81 bits per heavy atom. The molecule has 1 spiro atoms. The summed E-state index contributed by atoms with van der Waals surface area (Å²) >= 11 is 3.69. The summed E-state index contributed by atoms with van der Waals surface area (Å²) in [6.07, 6.45) is 11.3. The van der Waals surface area contributed by atoms with Crippen molar-refractivity contribution >= 4 is 15.9 Å². The Balaban J connectivity index is 1.61. The minimum atomic E-state index is 0.300. The largest absolute Gasteiger partial charge is 0.454 e. The second kappa shape index (κ2) is 5.33. The highest BCUT2D eigenvalue weighted by molar-refractivity contribution is 9.10. The lowest BCUT2D eigenvalue weighted by Crippen LogP contribution is -2.48. The Kier molecular flexibility index (Phi) is 3.46. The molecule has 1 aromatic carbocycles. The van der Waals surface area contributed by atoms with Crippen LogP contribution in [0.2, 0.25) is 0 Å². The average molecular weight is 350 g/mol. The number of halogens is 1. The van der Waals surface area contributed by atoms with E-state index in [1.807, 2.05) is 6.07 Å². The van der Waals surface area contributed by atoms with Gasteiger partial charge in [0.15, 0.2) is 11.5 Å². The molecule has 1 aliphatic carbocycles. The molecule has 1 saturated heterocycles. The molecule has 112 valence electrons. The molecule has 2 heterocycles. The molecule has 0 aromatic heterocycles. The smallest absolute Gasteiger partial charge is 0.231 e. The van der Waals surface area contributed by atoms with Crippen molar-refractivity contribution < 1.29 is 9.47 Å². The zero-order chi connectivity index (χ0) is 14.3. The van der Waals surface area contributed by atoms with Crippen molar-refractivity contribution in [2.24, 2.45) is 0 Å². The van der Waals surface area contributed by atoms with Gasteiger partial charge < -0.3 is 9.47 Å². The maximum Gasteiger partial charge on any atom is 0.231 e. The number of hydrogen-bond acceptors (Lipinski definition) is 3. The van der Waals surface area contributed by atoms with E-state index in [-0.39, 0.29) is 0 Å². The van der Waals surface area contributed by atoms with Gasteiger partial charge in [-0.25, -0.2) is 0 Å². The molecule has 0 amide bonds. The molecule has 3 nitrogen and oxygen atoms in total. The first-order valence-electron chi connectivity index (χ1n) is 7.78. The lowest BCUT2D eigenvalue weighted by molar-refractivity contribution is 0.0771. The molecule has 2 aliphatic heterocycles. The standard InChI is InChI=1S/C17H20BrNO2/c18-14-10-16-15(20-12-21-16)9-13(14)11-19-8-4-3-7-17(19)5-1-2-6-17/h1,5,9-10H,2-4,6-8,11-12H2. The van der Waals surface area contributed by atoms with Crippen LogP contribution in [0.5, 0.6) is 11.5 Å². The molecule has 0 N–H and O–H groups in total. The van der Waals surface area contributed by atoms with Crippen LogP contribution in [0.1, 0.15) is 37.7 Å². The van der Waals surface area contributed by atoms with Crippen molar-refractivity contribution in [1.29, 1.82) is 0 Å². The first-order chi connectivity index (χ1) is 10.3. The summed E-state index contributed by atoms with van der Waals surface area (Å²) in [6, 6.07) is 4.17. The molecular formula is C17H20BrNO2. The van der Waals surface area contributed by atoms with E-state index in [0.29, 0.717) is 12.3 Å². The number of benzene rings is 1. The zero-order valence-electron chi connectivity index (χ0n) is 12.1. The van der Waals surface area contributed by atoms with Crippen molar-refractivity contribution in [1.82, 2.24) is 4.90 Å². The zero-order valence-corrected chi connectivity index (χ0v) is 13.7. The van der Waals surface area contributed by atoms with Crippen molar-refractivity contribution in [3.63, 3.8) is 0 Å². The lowest BCUT2D eigenvalue weighted by Gasteiger charge is -2.44. The highest BCUT2D eigenvalue weighted by Gasteiger charge is 2.38. The van der Waals surface area contributed by atoms with E-state index in [2.05, 4.69) is 39.0 Å². The number of ether oxygens (including phenoxy) is 2. The van der Waals surface area contributed by atoms with Gasteiger partial charge in [-0.1, -0.05) is 34.5 Å². The SMILES string of the molecule is Brc1cc2c(cc1CN1CCCCC13C=CCC3)OCO2. The van der Waals surface area contributed by atoms with Crippen LogP contribution in [0.3, 0.4) is 0 Å². The molecule has 1 unspecified atom stereocenters. The van der Waals surface area contributed by atoms with Crippen molar-refractivity contribution in [3.05, 3.63) is 34.3 Å². The Morgan fingerprint density at radius 2 is 2.00 bits per heavy atom. The van der Waals surface area contributed by atoms with Crippen LogP contribution in [0.15, 0.2) is 28.8 Å². The van der Waals surface area contributed by atoms with Gasteiger partial charge in [0.2, 0.25) is 6.79 Å². The van der Waals surface area contributed by atoms with Crippen LogP contribution in [0.25, 0.3) is 0 Å². The summed E-state index contributed by atoms with van der Waals surface area (Å²) in [5.74, 6) is 1.72. The van der Waals surface area contributed by atoms with Gasteiger partial charge >= 0.3 is 0 Å². The number of allylic oxidation sites excluding steroid dienone is 1. The molecule has 1 fully saturated rings. The van der Waals surface area contributed by atoms with Gasteiger partial charge in [0.05, 0.1) is 0 Å². The highest BCUT2D eigenvalue weighted by atomic mass is 79.9. The summed E-state index contributed by atoms with van der Waals surface area (Å²) in [7, 11) is 0. The van der Waals surface area contributed by atoms with E-state index in [1.165, 1.54) is 44.2 Å².